The Labute approximate surface area is 125 Å². The molecule has 2 aliphatic heterocycles. The summed E-state index contributed by atoms with van der Waals surface area (Å²) in [5.74, 6) is 0.524. The molecule has 0 saturated carbocycles. The highest BCUT2D eigenvalue weighted by Crippen LogP contribution is 2.28. The molecule has 1 aromatic carbocycles. The van der Waals surface area contributed by atoms with Crippen molar-refractivity contribution in [2.24, 2.45) is 0 Å². The van der Waals surface area contributed by atoms with Crippen molar-refractivity contribution in [1.29, 1.82) is 0 Å². The molecule has 1 amide bonds. The number of hydrogen-bond acceptors (Lipinski definition) is 4. The monoisotopic (exact) mass is 308 g/mol. The van der Waals surface area contributed by atoms with Gasteiger partial charge in [-0.05, 0) is 23.6 Å². The minimum absolute atomic E-state index is 0.0440. The van der Waals surface area contributed by atoms with E-state index in [1.165, 1.54) is 5.56 Å². The maximum absolute atomic E-state index is 12.2. The Morgan fingerprint density at radius 3 is 2.48 bits per heavy atom. The third kappa shape index (κ3) is 2.70. The number of hydrogen-bond donors (Lipinski definition) is 1. The van der Waals surface area contributed by atoms with Crippen LogP contribution in [0, 0.1) is 0 Å². The zero-order valence-electron chi connectivity index (χ0n) is 12.2. The van der Waals surface area contributed by atoms with Gasteiger partial charge < -0.3 is 10.2 Å². The first-order valence-corrected chi connectivity index (χ1v) is 9.05. The Kier molecular flexibility index (Phi) is 3.53. The summed E-state index contributed by atoms with van der Waals surface area (Å²) in [6, 6.07) is 7.40. The summed E-state index contributed by atoms with van der Waals surface area (Å²) < 4.78 is 23.7. The van der Waals surface area contributed by atoms with Crippen LogP contribution in [0.1, 0.15) is 25.3 Å². The van der Waals surface area contributed by atoms with Crippen LogP contribution in [0.5, 0.6) is 0 Å². The zero-order valence-corrected chi connectivity index (χ0v) is 13.1. The van der Waals surface area contributed by atoms with Gasteiger partial charge in [-0.1, -0.05) is 26.0 Å². The molecule has 0 spiro atoms. The van der Waals surface area contributed by atoms with Crippen LogP contribution in [0.25, 0.3) is 0 Å². The second-order valence-electron chi connectivity index (χ2n) is 6.14. The molecular weight excluding hydrogens is 288 g/mol. The highest BCUT2D eigenvalue weighted by atomic mass is 32.2. The van der Waals surface area contributed by atoms with E-state index in [-0.39, 0.29) is 36.0 Å². The summed E-state index contributed by atoms with van der Waals surface area (Å²) in [6.07, 6.45) is 0. The van der Waals surface area contributed by atoms with Crippen molar-refractivity contribution < 1.29 is 13.2 Å². The quantitative estimate of drug-likeness (QED) is 0.882. The summed E-state index contributed by atoms with van der Waals surface area (Å²) >= 11 is 0. The molecule has 114 valence electrons. The van der Waals surface area contributed by atoms with Gasteiger partial charge >= 0.3 is 0 Å². The number of benzene rings is 1. The lowest BCUT2D eigenvalue weighted by molar-refractivity contribution is -0.119. The third-order valence-electron chi connectivity index (χ3n) is 4.28. The van der Waals surface area contributed by atoms with Crippen molar-refractivity contribution in [3.63, 3.8) is 0 Å². The topological polar surface area (TPSA) is 66.5 Å². The maximum Gasteiger partial charge on any atom is 0.241 e. The first kappa shape index (κ1) is 14.5. The van der Waals surface area contributed by atoms with E-state index in [2.05, 4.69) is 19.2 Å². The van der Waals surface area contributed by atoms with Crippen LogP contribution in [0.2, 0.25) is 0 Å². The number of piperazine rings is 1. The van der Waals surface area contributed by atoms with Gasteiger partial charge in [-0.2, -0.15) is 0 Å². The van der Waals surface area contributed by atoms with E-state index >= 15 is 0 Å². The van der Waals surface area contributed by atoms with Crippen molar-refractivity contribution in [2.45, 2.75) is 31.8 Å². The van der Waals surface area contributed by atoms with Crippen LogP contribution in [0.4, 0.5) is 5.69 Å². The molecule has 2 heterocycles. The number of carbonyl (C=O) groups excluding carboxylic acids is 1. The second kappa shape index (κ2) is 5.10. The minimum atomic E-state index is -3.07. The zero-order chi connectivity index (χ0) is 15.2. The van der Waals surface area contributed by atoms with E-state index in [0.717, 1.165) is 5.69 Å². The van der Waals surface area contributed by atoms with Gasteiger partial charge in [0.2, 0.25) is 5.91 Å². The standard InChI is InChI=1S/C15H20N2O3S/c1-10(2)11-3-5-12(6-4-11)17-14-9-21(19,20)8-13(14)16-7-15(17)18/h3-6,10,13-14,16H,7-9H2,1-2H3/t13-,14+/m1/s1. The number of anilines is 1. The Morgan fingerprint density at radius 2 is 1.86 bits per heavy atom. The van der Waals surface area contributed by atoms with Gasteiger partial charge in [0.25, 0.3) is 0 Å². The van der Waals surface area contributed by atoms with Crippen LogP contribution >= 0.6 is 0 Å². The van der Waals surface area contributed by atoms with Gasteiger partial charge in [-0.25, -0.2) is 8.42 Å². The van der Waals surface area contributed by atoms with Crippen LogP contribution in [-0.2, 0) is 14.6 Å². The molecule has 0 bridgehead atoms. The maximum atomic E-state index is 12.2. The van der Waals surface area contributed by atoms with Crippen molar-refractivity contribution in [1.82, 2.24) is 5.32 Å². The Hall–Kier alpha value is -1.40. The number of nitrogens with zero attached hydrogens (tertiary/aromatic N) is 1. The van der Waals surface area contributed by atoms with Crippen molar-refractivity contribution in [3.05, 3.63) is 29.8 Å². The first-order valence-electron chi connectivity index (χ1n) is 7.23. The summed E-state index contributed by atoms with van der Waals surface area (Å²) in [5, 5.41) is 3.05. The molecule has 2 saturated heterocycles. The molecular formula is C15H20N2O3S. The number of sulfone groups is 1. The molecule has 0 radical (unpaired) electrons. The summed E-state index contributed by atoms with van der Waals surface area (Å²) in [4.78, 5) is 13.9. The van der Waals surface area contributed by atoms with Gasteiger partial charge in [0, 0.05) is 11.7 Å². The molecule has 0 aliphatic carbocycles. The normalized spacial score (nSPS) is 28.0. The fourth-order valence-electron chi connectivity index (χ4n) is 3.12. The molecule has 2 atom stereocenters. The Morgan fingerprint density at radius 1 is 1.19 bits per heavy atom. The number of fused-ring (bicyclic) bond motifs is 1. The van der Waals surface area contributed by atoms with E-state index in [9.17, 15) is 13.2 Å². The van der Waals surface area contributed by atoms with E-state index < -0.39 is 9.84 Å². The van der Waals surface area contributed by atoms with Crippen LogP contribution < -0.4 is 10.2 Å². The van der Waals surface area contributed by atoms with Gasteiger partial charge in [0.15, 0.2) is 9.84 Å². The smallest absolute Gasteiger partial charge is 0.241 e. The third-order valence-corrected chi connectivity index (χ3v) is 5.99. The molecule has 5 nitrogen and oxygen atoms in total. The van der Waals surface area contributed by atoms with Crippen LogP contribution in [-0.4, -0.2) is 44.5 Å². The van der Waals surface area contributed by atoms with Crippen molar-refractivity contribution in [2.75, 3.05) is 23.0 Å². The predicted octanol–water partition coefficient (Wildman–Crippen LogP) is 0.912. The molecule has 3 rings (SSSR count). The molecule has 2 aliphatic rings. The van der Waals surface area contributed by atoms with Gasteiger partial charge in [0.05, 0.1) is 24.1 Å². The van der Waals surface area contributed by atoms with E-state index in [1.54, 1.807) is 4.90 Å². The summed E-state index contributed by atoms with van der Waals surface area (Å²) in [5.41, 5.74) is 2.00. The van der Waals surface area contributed by atoms with Gasteiger partial charge in [-0.3, -0.25) is 4.79 Å². The largest absolute Gasteiger partial charge is 0.306 e. The fourth-order valence-corrected chi connectivity index (χ4v) is 5.05. The average Bonchev–Trinajstić information content (AvgIpc) is 2.73. The summed E-state index contributed by atoms with van der Waals surface area (Å²) in [7, 11) is -3.07. The predicted molar refractivity (Wildman–Crippen MR) is 82.2 cm³/mol. The lowest BCUT2D eigenvalue weighted by Gasteiger charge is -2.37. The molecule has 1 N–H and O–H groups in total. The number of carbonyl (C=O) groups is 1. The lowest BCUT2D eigenvalue weighted by Crippen LogP contribution is -2.60. The fraction of sp³-hybridized carbons (Fsp3) is 0.533. The number of amides is 1. The Bertz CT molecular complexity index is 652. The van der Waals surface area contributed by atoms with Crippen LogP contribution in [0.3, 0.4) is 0 Å². The molecule has 1 aromatic rings. The second-order valence-corrected chi connectivity index (χ2v) is 8.30. The van der Waals surface area contributed by atoms with E-state index in [0.29, 0.717) is 5.92 Å². The van der Waals surface area contributed by atoms with E-state index in [1.807, 2.05) is 24.3 Å². The first-order chi connectivity index (χ1) is 9.87. The van der Waals surface area contributed by atoms with E-state index in [4.69, 9.17) is 0 Å². The molecule has 2 fully saturated rings. The molecule has 0 unspecified atom stereocenters. The molecule has 0 aromatic heterocycles. The summed E-state index contributed by atoms with van der Waals surface area (Å²) in [6.45, 7) is 4.43. The van der Waals surface area contributed by atoms with Crippen LogP contribution in [0.15, 0.2) is 24.3 Å². The highest BCUT2D eigenvalue weighted by Gasteiger charge is 2.45. The number of nitrogens with one attached hydrogen (secondary N) is 1. The van der Waals surface area contributed by atoms with Gasteiger partial charge in [-0.15, -0.1) is 0 Å². The average molecular weight is 308 g/mol. The SMILES string of the molecule is CC(C)c1ccc(N2C(=O)CN[C@@H]3CS(=O)(=O)C[C@@H]32)cc1. The van der Waals surface area contributed by atoms with Gasteiger partial charge in [0.1, 0.15) is 0 Å². The minimum Gasteiger partial charge on any atom is -0.306 e. The molecule has 6 heteroatoms. The molecule has 21 heavy (non-hydrogen) atoms. The van der Waals surface area contributed by atoms with Crippen molar-refractivity contribution in [3.8, 4) is 0 Å². The van der Waals surface area contributed by atoms with Crippen molar-refractivity contribution >= 4 is 21.4 Å². The lowest BCUT2D eigenvalue weighted by atomic mass is 10.0. The number of rotatable bonds is 2. The highest BCUT2D eigenvalue weighted by molar-refractivity contribution is 7.91. The Balaban J connectivity index is 1.93.